The zero-order valence-corrected chi connectivity index (χ0v) is 18.2. The van der Waals surface area contributed by atoms with Crippen LogP contribution in [0.3, 0.4) is 0 Å². The van der Waals surface area contributed by atoms with Crippen LogP contribution in [0.4, 0.5) is 16.3 Å². The summed E-state index contributed by atoms with van der Waals surface area (Å²) in [6, 6.07) is 17.7. The van der Waals surface area contributed by atoms with Gasteiger partial charge >= 0.3 is 6.03 Å². The molecule has 8 heteroatoms. The highest BCUT2D eigenvalue weighted by molar-refractivity contribution is 5.90. The third-order valence-corrected chi connectivity index (χ3v) is 6.22. The summed E-state index contributed by atoms with van der Waals surface area (Å²) in [6.07, 6.45) is 2.95. The van der Waals surface area contributed by atoms with E-state index in [0.717, 1.165) is 41.9 Å². The summed E-state index contributed by atoms with van der Waals surface area (Å²) < 4.78 is 13.4. The molecule has 2 aliphatic heterocycles. The SMILES string of the molecule is O=C(Nc1ccc2c(c1)OCCO2)N1CCCN(c2nc3ccccc3n3cccc23)CC1. The Hall–Kier alpha value is -3.94. The van der Waals surface area contributed by atoms with Gasteiger partial charge in [0.1, 0.15) is 13.2 Å². The predicted octanol–water partition coefficient (Wildman–Crippen LogP) is 4.00. The van der Waals surface area contributed by atoms with Crippen LogP contribution in [0.1, 0.15) is 6.42 Å². The molecular weight excluding hydrogens is 418 g/mol. The van der Waals surface area contributed by atoms with Gasteiger partial charge < -0.3 is 29.0 Å². The van der Waals surface area contributed by atoms with Crippen molar-refractivity contribution in [2.75, 3.05) is 49.6 Å². The largest absolute Gasteiger partial charge is 0.486 e. The van der Waals surface area contributed by atoms with Crippen molar-refractivity contribution in [2.24, 2.45) is 0 Å². The van der Waals surface area contributed by atoms with Gasteiger partial charge in [-0.3, -0.25) is 0 Å². The van der Waals surface area contributed by atoms with Crippen LogP contribution in [-0.2, 0) is 0 Å². The molecule has 4 heterocycles. The van der Waals surface area contributed by atoms with Crippen LogP contribution in [0.5, 0.6) is 11.5 Å². The van der Waals surface area contributed by atoms with E-state index in [9.17, 15) is 4.79 Å². The van der Waals surface area contributed by atoms with Gasteiger partial charge in [0.15, 0.2) is 17.3 Å². The number of amides is 2. The monoisotopic (exact) mass is 443 g/mol. The Morgan fingerprint density at radius 1 is 0.879 bits per heavy atom. The molecule has 1 N–H and O–H groups in total. The number of para-hydroxylation sites is 2. The third kappa shape index (κ3) is 3.67. The first-order valence-corrected chi connectivity index (χ1v) is 11.3. The third-order valence-electron chi connectivity index (χ3n) is 6.22. The quantitative estimate of drug-likeness (QED) is 0.507. The number of ether oxygens (including phenoxy) is 2. The lowest BCUT2D eigenvalue weighted by molar-refractivity contribution is 0.171. The molecule has 2 aliphatic rings. The molecule has 168 valence electrons. The molecule has 6 rings (SSSR count). The van der Waals surface area contributed by atoms with E-state index in [0.29, 0.717) is 43.5 Å². The number of benzene rings is 2. The first-order valence-electron chi connectivity index (χ1n) is 11.3. The smallest absolute Gasteiger partial charge is 0.321 e. The zero-order valence-electron chi connectivity index (χ0n) is 18.2. The van der Waals surface area contributed by atoms with Crippen LogP contribution in [0.2, 0.25) is 0 Å². The number of carbonyl (C=O) groups is 1. The van der Waals surface area contributed by atoms with E-state index < -0.39 is 0 Å². The Kier molecular flexibility index (Phi) is 4.90. The van der Waals surface area contributed by atoms with Gasteiger partial charge in [-0.15, -0.1) is 0 Å². The highest BCUT2D eigenvalue weighted by Crippen LogP contribution is 2.33. The topological polar surface area (TPSA) is 71.3 Å². The lowest BCUT2D eigenvalue weighted by Crippen LogP contribution is -2.38. The molecule has 0 saturated carbocycles. The Morgan fingerprint density at radius 2 is 1.73 bits per heavy atom. The lowest BCUT2D eigenvalue weighted by atomic mass is 10.2. The molecule has 4 aromatic rings. The second-order valence-corrected chi connectivity index (χ2v) is 8.30. The Morgan fingerprint density at radius 3 is 2.67 bits per heavy atom. The molecule has 0 aliphatic carbocycles. The van der Waals surface area contributed by atoms with Gasteiger partial charge in [0.2, 0.25) is 0 Å². The standard InChI is InChI=1S/C25H25N5O3/c31-25(26-18-8-9-22-23(17-18)33-16-15-32-22)29-11-4-10-28(13-14-29)24-21-7-3-12-30(21)20-6-2-1-5-19(20)27-24/h1-3,5-9,12,17H,4,10-11,13-16H2,(H,26,31). The number of hydrogen-bond acceptors (Lipinski definition) is 5. The van der Waals surface area contributed by atoms with Crippen LogP contribution in [0.15, 0.2) is 60.8 Å². The van der Waals surface area contributed by atoms with E-state index in [1.54, 1.807) is 0 Å². The number of carbonyl (C=O) groups excluding carboxylic acids is 1. The van der Waals surface area contributed by atoms with E-state index >= 15 is 0 Å². The fourth-order valence-electron chi connectivity index (χ4n) is 4.60. The van der Waals surface area contributed by atoms with Gasteiger partial charge in [0.05, 0.1) is 16.6 Å². The first-order chi connectivity index (χ1) is 16.3. The van der Waals surface area contributed by atoms with Crippen LogP contribution in [0, 0.1) is 0 Å². The molecule has 8 nitrogen and oxygen atoms in total. The van der Waals surface area contributed by atoms with Crippen LogP contribution in [0.25, 0.3) is 16.6 Å². The number of fused-ring (bicyclic) bond motifs is 4. The Bertz CT molecular complexity index is 1330. The summed E-state index contributed by atoms with van der Waals surface area (Å²) in [5.74, 6) is 2.34. The molecule has 0 unspecified atom stereocenters. The summed E-state index contributed by atoms with van der Waals surface area (Å²) >= 11 is 0. The summed E-state index contributed by atoms with van der Waals surface area (Å²) in [5.41, 5.74) is 3.85. The molecule has 2 amide bonds. The molecule has 2 aromatic carbocycles. The van der Waals surface area contributed by atoms with E-state index in [1.807, 2.05) is 41.3 Å². The number of nitrogens with one attached hydrogen (secondary N) is 1. The minimum Gasteiger partial charge on any atom is -0.486 e. The molecule has 33 heavy (non-hydrogen) atoms. The van der Waals surface area contributed by atoms with Crippen molar-refractivity contribution in [3.63, 3.8) is 0 Å². The van der Waals surface area contributed by atoms with Crippen molar-refractivity contribution in [1.29, 1.82) is 0 Å². The van der Waals surface area contributed by atoms with E-state index in [1.165, 1.54) is 0 Å². The number of anilines is 2. The summed E-state index contributed by atoms with van der Waals surface area (Å²) in [4.78, 5) is 22.1. The molecule has 1 fully saturated rings. The molecule has 1 saturated heterocycles. The normalized spacial score (nSPS) is 16.1. The van der Waals surface area contributed by atoms with Crippen molar-refractivity contribution in [3.05, 3.63) is 60.8 Å². The number of rotatable bonds is 2. The maximum Gasteiger partial charge on any atom is 0.321 e. The highest BCUT2D eigenvalue weighted by Gasteiger charge is 2.22. The summed E-state index contributed by atoms with van der Waals surface area (Å²) in [6.45, 7) is 3.95. The summed E-state index contributed by atoms with van der Waals surface area (Å²) in [5, 5.41) is 3.01. The molecule has 0 spiro atoms. The van der Waals surface area contributed by atoms with Crippen LogP contribution >= 0.6 is 0 Å². The van der Waals surface area contributed by atoms with Crippen molar-refractivity contribution in [1.82, 2.24) is 14.3 Å². The van der Waals surface area contributed by atoms with Crippen molar-refractivity contribution >= 4 is 34.1 Å². The number of nitrogens with zero attached hydrogens (tertiary/aromatic N) is 4. The Balaban J connectivity index is 1.19. The fraction of sp³-hybridized carbons (Fsp3) is 0.280. The van der Waals surface area contributed by atoms with Crippen LogP contribution in [-0.4, -0.2) is 59.7 Å². The van der Waals surface area contributed by atoms with Gasteiger partial charge in [-0.05, 0) is 42.8 Å². The number of hydrogen-bond donors (Lipinski definition) is 1. The molecular formula is C25H25N5O3. The van der Waals surface area contributed by atoms with Crippen LogP contribution < -0.4 is 19.7 Å². The van der Waals surface area contributed by atoms with Crippen molar-refractivity contribution in [3.8, 4) is 11.5 Å². The van der Waals surface area contributed by atoms with Crippen molar-refractivity contribution < 1.29 is 14.3 Å². The predicted molar refractivity (Wildman–Crippen MR) is 128 cm³/mol. The molecule has 2 aromatic heterocycles. The Labute approximate surface area is 191 Å². The van der Waals surface area contributed by atoms with Gasteiger partial charge in [-0.1, -0.05) is 12.1 Å². The second kappa shape index (κ2) is 8.20. The minimum absolute atomic E-state index is 0.104. The van der Waals surface area contributed by atoms with Gasteiger partial charge in [-0.25, -0.2) is 9.78 Å². The minimum atomic E-state index is -0.104. The average molecular weight is 444 g/mol. The highest BCUT2D eigenvalue weighted by atomic mass is 16.6. The molecule has 0 radical (unpaired) electrons. The van der Waals surface area contributed by atoms with Gasteiger partial charge in [-0.2, -0.15) is 0 Å². The van der Waals surface area contributed by atoms with E-state index in [2.05, 4.69) is 39.0 Å². The number of aromatic nitrogens is 2. The maximum absolute atomic E-state index is 13.0. The lowest BCUT2D eigenvalue weighted by Gasteiger charge is -2.24. The fourth-order valence-corrected chi connectivity index (χ4v) is 4.60. The molecule has 0 bridgehead atoms. The van der Waals surface area contributed by atoms with Crippen molar-refractivity contribution in [2.45, 2.75) is 6.42 Å². The average Bonchev–Trinajstić information content (AvgIpc) is 3.22. The first kappa shape index (κ1) is 19.7. The van der Waals surface area contributed by atoms with E-state index in [4.69, 9.17) is 14.5 Å². The number of urea groups is 1. The summed E-state index contributed by atoms with van der Waals surface area (Å²) in [7, 11) is 0. The second-order valence-electron chi connectivity index (χ2n) is 8.30. The maximum atomic E-state index is 13.0. The zero-order chi connectivity index (χ0) is 22.2. The van der Waals surface area contributed by atoms with Gasteiger partial charge in [0, 0.05) is 44.1 Å². The van der Waals surface area contributed by atoms with E-state index in [-0.39, 0.29) is 6.03 Å². The molecule has 0 atom stereocenters. The van der Waals surface area contributed by atoms with Gasteiger partial charge in [0.25, 0.3) is 0 Å².